The summed E-state index contributed by atoms with van der Waals surface area (Å²) in [7, 11) is 0. The number of rotatable bonds is 3. The average Bonchev–Trinajstić information content (AvgIpc) is 2.94. The van der Waals surface area contributed by atoms with Gasteiger partial charge in [0.1, 0.15) is 5.69 Å². The van der Waals surface area contributed by atoms with Crippen molar-refractivity contribution in [2.75, 3.05) is 6.54 Å². The topological polar surface area (TPSA) is 71.2 Å². The second-order valence-electron chi connectivity index (χ2n) is 4.82. The highest BCUT2D eigenvalue weighted by molar-refractivity contribution is 7.10. The molecule has 0 aromatic carbocycles. The standard InChI is InChI=1S/C14H16N4OS/c15-17-14(19)12-3-1-2-11(16-12)9-18-6-4-13-10(8-18)5-7-20-13/h1-3,5,7H,4,6,8-9,15H2,(H,17,19). The first kappa shape index (κ1) is 13.2. The highest BCUT2D eigenvalue weighted by Gasteiger charge is 2.18. The van der Waals surface area contributed by atoms with Crippen molar-refractivity contribution in [3.63, 3.8) is 0 Å². The lowest BCUT2D eigenvalue weighted by molar-refractivity contribution is 0.0948. The number of nitrogen functional groups attached to an aromatic ring is 1. The van der Waals surface area contributed by atoms with Crippen LogP contribution in [0.25, 0.3) is 0 Å². The minimum absolute atomic E-state index is 0.356. The van der Waals surface area contributed by atoms with E-state index in [9.17, 15) is 4.79 Å². The van der Waals surface area contributed by atoms with Crippen LogP contribution in [-0.4, -0.2) is 22.3 Å². The molecule has 0 radical (unpaired) electrons. The summed E-state index contributed by atoms with van der Waals surface area (Å²) in [6.07, 6.45) is 1.09. The lowest BCUT2D eigenvalue weighted by Crippen LogP contribution is -2.32. The summed E-state index contributed by atoms with van der Waals surface area (Å²) in [4.78, 5) is 19.7. The maximum absolute atomic E-state index is 11.5. The van der Waals surface area contributed by atoms with E-state index in [4.69, 9.17) is 5.84 Å². The van der Waals surface area contributed by atoms with Crippen LogP contribution in [-0.2, 0) is 19.5 Å². The quantitative estimate of drug-likeness (QED) is 0.507. The van der Waals surface area contributed by atoms with E-state index in [1.807, 2.05) is 23.5 Å². The zero-order valence-electron chi connectivity index (χ0n) is 11.0. The van der Waals surface area contributed by atoms with Crippen LogP contribution in [0.4, 0.5) is 0 Å². The minimum atomic E-state index is -0.356. The van der Waals surface area contributed by atoms with Crippen molar-refractivity contribution in [3.05, 3.63) is 51.5 Å². The van der Waals surface area contributed by atoms with E-state index in [2.05, 4.69) is 26.8 Å². The third-order valence-electron chi connectivity index (χ3n) is 3.44. The molecule has 20 heavy (non-hydrogen) atoms. The van der Waals surface area contributed by atoms with Crippen LogP contribution in [0.1, 0.15) is 26.6 Å². The number of hydrazine groups is 1. The number of nitrogens with two attached hydrogens (primary N) is 1. The molecule has 0 saturated carbocycles. The second-order valence-corrected chi connectivity index (χ2v) is 5.82. The van der Waals surface area contributed by atoms with E-state index in [0.717, 1.165) is 31.7 Å². The summed E-state index contributed by atoms with van der Waals surface area (Å²) in [5, 5.41) is 2.15. The van der Waals surface area contributed by atoms with Crippen molar-refractivity contribution in [1.82, 2.24) is 15.3 Å². The van der Waals surface area contributed by atoms with Gasteiger partial charge in [0, 0.05) is 24.5 Å². The molecule has 3 heterocycles. The van der Waals surface area contributed by atoms with Gasteiger partial charge in [-0.15, -0.1) is 11.3 Å². The first-order chi connectivity index (χ1) is 9.76. The molecule has 1 aliphatic rings. The highest BCUT2D eigenvalue weighted by atomic mass is 32.1. The number of amides is 1. The van der Waals surface area contributed by atoms with Gasteiger partial charge in [0.25, 0.3) is 5.91 Å². The van der Waals surface area contributed by atoms with E-state index in [1.54, 1.807) is 6.07 Å². The maximum atomic E-state index is 11.5. The molecule has 0 saturated heterocycles. The molecule has 2 aromatic heterocycles. The molecule has 5 nitrogen and oxygen atoms in total. The van der Waals surface area contributed by atoms with Crippen molar-refractivity contribution >= 4 is 17.2 Å². The molecule has 3 rings (SSSR count). The zero-order chi connectivity index (χ0) is 13.9. The smallest absolute Gasteiger partial charge is 0.283 e. The fourth-order valence-electron chi connectivity index (χ4n) is 2.44. The number of fused-ring (bicyclic) bond motifs is 1. The average molecular weight is 288 g/mol. The number of hydrogen-bond donors (Lipinski definition) is 2. The number of nitrogens with zero attached hydrogens (tertiary/aromatic N) is 2. The van der Waals surface area contributed by atoms with Crippen molar-refractivity contribution in [2.24, 2.45) is 5.84 Å². The van der Waals surface area contributed by atoms with Gasteiger partial charge < -0.3 is 0 Å². The Balaban J connectivity index is 1.71. The Morgan fingerprint density at radius 2 is 2.35 bits per heavy atom. The van der Waals surface area contributed by atoms with Crippen LogP contribution in [0.5, 0.6) is 0 Å². The van der Waals surface area contributed by atoms with Crippen molar-refractivity contribution in [3.8, 4) is 0 Å². The zero-order valence-corrected chi connectivity index (χ0v) is 11.8. The Kier molecular flexibility index (Phi) is 3.77. The van der Waals surface area contributed by atoms with Gasteiger partial charge in [0.15, 0.2) is 0 Å². The molecule has 0 atom stereocenters. The normalized spacial score (nSPS) is 14.8. The Morgan fingerprint density at radius 1 is 1.45 bits per heavy atom. The molecule has 3 N–H and O–H groups in total. The minimum Gasteiger partial charge on any atom is -0.293 e. The molecule has 0 spiro atoms. The molecule has 6 heteroatoms. The first-order valence-corrected chi connectivity index (χ1v) is 7.38. The van der Waals surface area contributed by atoms with E-state index in [1.165, 1.54) is 10.4 Å². The number of carbonyl (C=O) groups excluding carboxylic acids is 1. The Morgan fingerprint density at radius 3 is 3.20 bits per heavy atom. The molecule has 0 aliphatic carbocycles. The number of hydrogen-bond acceptors (Lipinski definition) is 5. The fraction of sp³-hybridized carbons (Fsp3) is 0.286. The van der Waals surface area contributed by atoms with Crippen LogP contribution in [0.15, 0.2) is 29.6 Å². The third kappa shape index (κ3) is 2.72. The van der Waals surface area contributed by atoms with Gasteiger partial charge in [-0.3, -0.25) is 15.1 Å². The van der Waals surface area contributed by atoms with Gasteiger partial charge in [-0.05, 0) is 35.6 Å². The molecular weight excluding hydrogens is 272 g/mol. The fourth-order valence-corrected chi connectivity index (χ4v) is 3.33. The van der Waals surface area contributed by atoms with E-state index in [-0.39, 0.29) is 5.91 Å². The van der Waals surface area contributed by atoms with Gasteiger partial charge >= 0.3 is 0 Å². The number of aromatic nitrogens is 1. The van der Waals surface area contributed by atoms with Gasteiger partial charge in [-0.1, -0.05) is 6.07 Å². The van der Waals surface area contributed by atoms with Crippen LogP contribution >= 0.6 is 11.3 Å². The lowest BCUT2D eigenvalue weighted by atomic mass is 10.1. The van der Waals surface area contributed by atoms with E-state index >= 15 is 0 Å². The Bertz CT molecular complexity index is 625. The lowest BCUT2D eigenvalue weighted by Gasteiger charge is -2.26. The van der Waals surface area contributed by atoms with E-state index in [0.29, 0.717) is 5.69 Å². The summed E-state index contributed by atoms with van der Waals surface area (Å²) in [6, 6.07) is 7.64. The Hall–Kier alpha value is -1.76. The predicted octanol–water partition coefficient (Wildman–Crippen LogP) is 1.30. The number of thiophene rings is 1. The molecule has 1 aliphatic heterocycles. The molecule has 0 fully saturated rings. The summed E-state index contributed by atoms with van der Waals surface area (Å²) in [5.74, 6) is 4.77. The molecular formula is C14H16N4OS. The van der Waals surface area contributed by atoms with Crippen LogP contribution < -0.4 is 11.3 Å². The Labute approximate surface area is 121 Å². The largest absolute Gasteiger partial charge is 0.293 e. The van der Waals surface area contributed by atoms with Crippen LogP contribution in [0, 0.1) is 0 Å². The second kappa shape index (κ2) is 5.70. The van der Waals surface area contributed by atoms with Gasteiger partial charge in [0.2, 0.25) is 0 Å². The molecule has 104 valence electrons. The van der Waals surface area contributed by atoms with Crippen molar-refractivity contribution < 1.29 is 4.79 Å². The SMILES string of the molecule is NNC(=O)c1cccc(CN2CCc3sccc3C2)n1. The number of carbonyl (C=O) groups is 1. The summed E-state index contributed by atoms with van der Waals surface area (Å²) in [5.41, 5.74) is 4.77. The summed E-state index contributed by atoms with van der Waals surface area (Å²) < 4.78 is 0. The molecule has 0 bridgehead atoms. The number of nitrogens with one attached hydrogen (secondary N) is 1. The molecule has 2 aromatic rings. The van der Waals surface area contributed by atoms with Crippen LogP contribution in [0.3, 0.4) is 0 Å². The van der Waals surface area contributed by atoms with Gasteiger partial charge in [-0.25, -0.2) is 10.8 Å². The number of pyridine rings is 1. The van der Waals surface area contributed by atoms with E-state index < -0.39 is 0 Å². The summed E-state index contributed by atoms with van der Waals surface area (Å²) >= 11 is 1.83. The van der Waals surface area contributed by atoms with Crippen molar-refractivity contribution in [2.45, 2.75) is 19.5 Å². The maximum Gasteiger partial charge on any atom is 0.283 e. The van der Waals surface area contributed by atoms with Gasteiger partial charge in [0.05, 0.1) is 5.69 Å². The van der Waals surface area contributed by atoms with Crippen LogP contribution in [0.2, 0.25) is 0 Å². The molecule has 0 unspecified atom stereocenters. The molecule has 1 amide bonds. The summed E-state index contributed by atoms with van der Waals surface area (Å²) in [6.45, 7) is 2.73. The third-order valence-corrected chi connectivity index (χ3v) is 4.47. The predicted molar refractivity (Wildman–Crippen MR) is 78.0 cm³/mol. The highest BCUT2D eigenvalue weighted by Crippen LogP contribution is 2.24. The van der Waals surface area contributed by atoms with Gasteiger partial charge in [-0.2, -0.15) is 0 Å². The monoisotopic (exact) mass is 288 g/mol. The van der Waals surface area contributed by atoms with Crippen molar-refractivity contribution in [1.29, 1.82) is 0 Å². The first-order valence-electron chi connectivity index (χ1n) is 6.51.